The van der Waals surface area contributed by atoms with Crippen molar-refractivity contribution >= 4 is 11.8 Å². The van der Waals surface area contributed by atoms with E-state index in [2.05, 4.69) is 0 Å². The van der Waals surface area contributed by atoms with Crippen molar-refractivity contribution in [2.24, 2.45) is 5.92 Å². The molecule has 1 aliphatic heterocycles. The molecule has 4 nitrogen and oxygen atoms in total. The van der Waals surface area contributed by atoms with Crippen molar-refractivity contribution in [1.29, 1.82) is 0 Å². The van der Waals surface area contributed by atoms with E-state index >= 15 is 0 Å². The monoisotopic (exact) mass is 231 g/mol. The Morgan fingerprint density at radius 2 is 1.93 bits per heavy atom. The van der Waals surface area contributed by atoms with Crippen LogP contribution in [-0.4, -0.2) is 33.2 Å². The third-order valence-corrected chi connectivity index (χ3v) is 5.13. The van der Waals surface area contributed by atoms with Crippen LogP contribution in [0, 0.1) is 16.0 Å². The summed E-state index contributed by atoms with van der Waals surface area (Å²) in [4.78, 5) is 10.6. The van der Waals surface area contributed by atoms with Gasteiger partial charge in [0.1, 0.15) is 6.10 Å². The van der Waals surface area contributed by atoms with Crippen LogP contribution in [0.5, 0.6) is 0 Å². The van der Waals surface area contributed by atoms with E-state index in [9.17, 15) is 15.2 Å². The van der Waals surface area contributed by atoms with Crippen molar-refractivity contribution < 1.29 is 10.0 Å². The molecule has 2 fully saturated rings. The minimum absolute atomic E-state index is 0.0512. The summed E-state index contributed by atoms with van der Waals surface area (Å²) < 4.78 is 0. The van der Waals surface area contributed by atoms with Crippen molar-refractivity contribution in [3.05, 3.63) is 10.1 Å². The lowest BCUT2D eigenvalue weighted by molar-refractivity contribution is -0.532. The minimum atomic E-state index is -0.739. The number of nitrogens with zero attached hydrogens (tertiary/aromatic N) is 1. The van der Waals surface area contributed by atoms with Gasteiger partial charge in [-0.1, -0.05) is 19.3 Å². The standard InChI is InChI=1S/C10H17NO3S/c12-8-6-15-10(9(8)11(13)14)7-4-2-1-3-5-7/h7-10,12H,1-6H2/t8?,9-,10+/m0/s1. The zero-order chi connectivity index (χ0) is 10.8. The van der Waals surface area contributed by atoms with E-state index in [1.165, 1.54) is 19.3 Å². The highest BCUT2D eigenvalue weighted by atomic mass is 32.2. The molecule has 1 heterocycles. The first-order valence-electron chi connectivity index (χ1n) is 5.63. The molecule has 2 aliphatic rings. The molecule has 1 saturated carbocycles. The summed E-state index contributed by atoms with van der Waals surface area (Å²) in [6, 6.07) is -0.724. The van der Waals surface area contributed by atoms with Gasteiger partial charge in [-0.05, 0) is 18.8 Å². The predicted molar refractivity (Wildman–Crippen MR) is 59.6 cm³/mol. The average molecular weight is 231 g/mol. The molecule has 0 aromatic heterocycles. The molecule has 0 amide bonds. The third-order valence-electron chi connectivity index (χ3n) is 3.55. The SMILES string of the molecule is O=[N+]([O-])[C@H]1C(O)CS[C@@H]1C1CCCCC1. The molecule has 0 aromatic carbocycles. The van der Waals surface area contributed by atoms with Crippen molar-refractivity contribution in [3.63, 3.8) is 0 Å². The van der Waals surface area contributed by atoms with Crippen LogP contribution in [0.1, 0.15) is 32.1 Å². The first kappa shape index (κ1) is 11.2. The van der Waals surface area contributed by atoms with E-state index in [1.54, 1.807) is 11.8 Å². The maximum atomic E-state index is 10.9. The Bertz CT molecular complexity index is 243. The number of rotatable bonds is 2. The van der Waals surface area contributed by atoms with E-state index in [1.807, 2.05) is 0 Å². The van der Waals surface area contributed by atoms with Gasteiger partial charge in [0.2, 0.25) is 0 Å². The lowest BCUT2D eigenvalue weighted by Gasteiger charge is -2.27. The fourth-order valence-corrected chi connectivity index (χ4v) is 4.40. The van der Waals surface area contributed by atoms with Gasteiger partial charge in [0.05, 0.1) is 5.25 Å². The number of aliphatic hydroxyl groups excluding tert-OH is 1. The van der Waals surface area contributed by atoms with Crippen LogP contribution in [-0.2, 0) is 0 Å². The van der Waals surface area contributed by atoms with Gasteiger partial charge in [0.15, 0.2) is 0 Å². The lowest BCUT2D eigenvalue weighted by Crippen LogP contribution is -2.41. The Hall–Kier alpha value is -0.290. The highest BCUT2D eigenvalue weighted by Crippen LogP contribution is 2.40. The highest BCUT2D eigenvalue weighted by molar-refractivity contribution is 8.00. The van der Waals surface area contributed by atoms with Crippen molar-refractivity contribution in [2.45, 2.75) is 49.5 Å². The summed E-state index contributed by atoms with van der Waals surface area (Å²) in [5.74, 6) is 0.989. The van der Waals surface area contributed by atoms with Gasteiger partial charge < -0.3 is 5.11 Å². The van der Waals surface area contributed by atoms with Gasteiger partial charge in [0.25, 0.3) is 6.04 Å². The van der Waals surface area contributed by atoms with Crippen LogP contribution in [0.2, 0.25) is 0 Å². The fraction of sp³-hybridized carbons (Fsp3) is 1.00. The molecule has 0 bridgehead atoms. The van der Waals surface area contributed by atoms with E-state index < -0.39 is 12.1 Å². The predicted octanol–water partition coefficient (Wildman–Crippen LogP) is 1.69. The molecule has 1 aliphatic carbocycles. The molecule has 3 atom stereocenters. The zero-order valence-electron chi connectivity index (χ0n) is 8.67. The maximum Gasteiger partial charge on any atom is 0.251 e. The topological polar surface area (TPSA) is 63.4 Å². The summed E-state index contributed by atoms with van der Waals surface area (Å²) in [5.41, 5.74) is 0. The van der Waals surface area contributed by atoms with Gasteiger partial charge in [-0.15, -0.1) is 11.8 Å². The second-order valence-electron chi connectivity index (χ2n) is 4.54. The summed E-state index contributed by atoms with van der Waals surface area (Å²) in [6.07, 6.45) is 5.13. The molecule has 86 valence electrons. The van der Waals surface area contributed by atoms with Gasteiger partial charge in [0, 0.05) is 10.7 Å². The van der Waals surface area contributed by atoms with Gasteiger partial charge >= 0.3 is 0 Å². The van der Waals surface area contributed by atoms with Crippen molar-refractivity contribution in [2.75, 3.05) is 5.75 Å². The van der Waals surface area contributed by atoms with Crippen LogP contribution >= 0.6 is 11.8 Å². The third kappa shape index (κ3) is 2.28. The molecule has 0 aromatic rings. The lowest BCUT2D eigenvalue weighted by atomic mass is 9.83. The van der Waals surface area contributed by atoms with Gasteiger partial charge in [-0.3, -0.25) is 10.1 Å². The number of nitro groups is 1. The van der Waals surface area contributed by atoms with Crippen LogP contribution in [0.15, 0.2) is 0 Å². The summed E-state index contributed by atoms with van der Waals surface area (Å²) >= 11 is 1.60. The molecule has 15 heavy (non-hydrogen) atoms. The Balaban J connectivity index is 2.03. The largest absolute Gasteiger partial charge is 0.385 e. The van der Waals surface area contributed by atoms with Crippen LogP contribution in [0.25, 0.3) is 0 Å². The number of aliphatic hydroxyl groups is 1. The van der Waals surface area contributed by atoms with Crippen LogP contribution < -0.4 is 0 Å². The number of hydrogen-bond donors (Lipinski definition) is 1. The molecule has 2 rings (SSSR count). The summed E-state index contributed by atoms with van der Waals surface area (Å²) in [7, 11) is 0. The molecule has 0 radical (unpaired) electrons. The van der Waals surface area contributed by atoms with E-state index in [0.717, 1.165) is 12.8 Å². The van der Waals surface area contributed by atoms with Crippen molar-refractivity contribution in [1.82, 2.24) is 0 Å². The Morgan fingerprint density at radius 3 is 2.53 bits per heavy atom. The van der Waals surface area contributed by atoms with Crippen molar-refractivity contribution in [3.8, 4) is 0 Å². The maximum absolute atomic E-state index is 10.9. The van der Waals surface area contributed by atoms with E-state index in [-0.39, 0.29) is 10.2 Å². The first-order chi connectivity index (χ1) is 7.20. The van der Waals surface area contributed by atoms with Crippen LogP contribution in [0.4, 0.5) is 0 Å². The molecular weight excluding hydrogens is 214 g/mol. The molecule has 1 saturated heterocycles. The Labute approximate surface area is 93.6 Å². The summed E-state index contributed by atoms with van der Waals surface area (Å²) in [5, 5.41) is 20.5. The molecule has 5 heteroatoms. The quantitative estimate of drug-likeness (QED) is 0.580. The minimum Gasteiger partial charge on any atom is -0.385 e. The molecule has 1 N–H and O–H groups in total. The van der Waals surface area contributed by atoms with Gasteiger partial charge in [-0.25, -0.2) is 0 Å². The molecule has 0 spiro atoms. The molecule has 1 unspecified atom stereocenters. The average Bonchev–Trinajstić information content (AvgIpc) is 2.61. The Morgan fingerprint density at radius 1 is 1.27 bits per heavy atom. The second-order valence-corrected chi connectivity index (χ2v) is 5.75. The first-order valence-corrected chi connectivity index (χ1v) is 6.68. The Kier molecular flexibility index (Phi) is 3.51. The summed E-state index contributed by atoms with van der Waals surface area (Å²) in [6.45, 7) is 0. The van der Waals surface area contributed by atoms with Gasteiger partial charge in [-0.2, -0.15) is 0 Å². The van der Waals surface area contributed by atoms with Crippen LogP contribution in [0.3, 0.4) is 0 Å². The normalized spacial score (nSPS) is 38.1. The van der Waals surface area contributed by atoms with E-state index in [0.29, 0.717) is 11.7 Å². The fourth-order valence-electron chi connectivity index (χ4n) is 2.76. The smallest absolute Gasteiger partial charge is 0.251 e. The number of thioether (sulfide) groups is 1. The number of hydrogen-bond acceptors (Lipinski definition) is 4. The second kappa shape index (κ2) is 4.70. The highest BCUT2D eigenvalue weighted by Gasteiger charge is 2.48. The molecular formula is C10H17NO3S. The zero-order valence-corrected chi connectivity index (χ0v) is 9.49. The van der Waals surface area contributed by atoms with E-state index in [4.69, 9.17) is 0 Å².